The van der Waals surface area contributed by atoms with E-state index in [2.05, 4.69) is 15.4 Å². The van der Waals surface area contributed by atoms with E-state index in [-0.39, 0.29) is 12.6 Å². The molecule has 0 heterocycles. The lowest BCUT2D eigenvalue weighted by atomic mass is 10.1. The van der Waals surface area contributed by atoms with Crippen LogP contribution in [0.25, 0.3) is 0 Å². The highest BCUT2D eigenvalue weighted by molar-refractivity contribution is 5.80. The van der Waals surface area contributed by atoms with Gasteiger partial charge in [-0.1, -0.05) is 29.8 Å². The van der Waals surface area contributed by atoms with Crippen molar-refractivity contribution in [2.45, 2.75) is 20.4 Å². The van der Waals surface area contributed by atoms with E-state index in [1.54, 1.807) is 6.92 Å². The Morgan fingerprint density at radius 1 is 1.17 bits per heavy atom. The highest BCUT2D eigenvalue weighted by atomic mass is 16.5. The van der Waals surface area contributed by atoms with Gasteiger partial charge >= 0.3 is 12.0 Å². The first kappa shape index (κ1) is 14.0. The van der Waals surface area contributed by atoms with Crippen LogP contribution in [-0.2, 0) is 16.1 Å². The van der Waals surface area contributed by atoms with Crippen molar-refractivity contribution in [2.24, 2.45) is 0 Å². The summed E-state index contributed by atoms with van der Waals surface area (Å²) >= 11 is 0. The van der Waals surface area contributed by atoms with Crippen molar-refractivity contribution < 1.29 is 14.3 Å². The van der Waals surface area contributed by atoms with Crippen LogP contribution in [0.2, 0.25) is 0 Å². The highest BCUT2D eigenvalue weighted by Crippen LogP contribution is 2.02. The Morgan fingerprint density at radius 3 is 2.44 bits per heavy atom. The van der Waals surface area contributed by atoms with Crippen molar-refractivity contribution in [2.75, 3.05) is 13.2 Å². The van der Waals surface area contributed by atoms with E-state index in [4.69, 9.17) is 0 Å². The number of carbonyl (C=O) groups excluding carboxylic acids is 2. The van der Waals surface area contributed by atoms with Crippen LogP contribution in [0.4, 0.5) is 4.79 Å². The zero-order valence-electron chi connectivity index (χ0n) is 10.7. The van der Waals surface area contributed by atoms with Gasteiger partial charge in [0.1, 0.15) is 6.54 Å². The first-order valence-corrected chi connectivity index (χ1v) is 5.84. The van der Waals surface area contributed by atoms with Crippen LogP contribution in [-0.4, -0.2) is 25.2 Å². The molecule has 1 aromatic carbocycles. The number of esters is 1. The standard InChI is InChI=1S/C13H18N2O3/c1-3-18-12(16)9-15-13(17)14-8-11-6-4-10(2)5-7-11/h4-7H,3,8-9H2,1-2H3,(H2,14,15,17). The third-order valence-corrected chi connectivity index (χ3v) is 2.27. The number of aryl methyl sites for hydroxylation is 1. The summed E-state index contributed by atoms with van der Waals surface area (Å²) in [7, 11) is 0. The van der Waals surface area contributed by atoms with Crippen LogP contribution in [0.3, 0.4) is 0 Å². The maximum Gasteiger partial charge on any atom is 0.325 e. The first-order chi connectivity index (χ1) is 8.61. The van der Waals surface area contributed by atoms with Gasteiger partial charge in [0.2, 0.25) is 0 Å². The Morgan fingerprint density at radius 2 is 1.83 bits per heavy atom. The minimum Gasteiger partial charge on any atom is -0.465 e. The van der Waals surface area contributed by atoms with E-state index in [1.165, 1.54) is 5.56 Å². The zero-order chi connectivity index (χ0) is 13.4. The van der Waals surface area contributed by atoms with Gasteiger partial charge in [-0.05, 0) is 19.4 Å². The molecule has 0 saturated carbocycles. The summed E-state index contributed by atoms with van der Waals surface area (Å²) in [5.74, 6) is -0.442. The molecule has 0 atom stereocenters. The zero-order valence-corrected chi connectivity index (χ0v) is 10.7. The number of hydrogen-bond acceptors (Lipinski definition) is 3. The van der Waals surface area contributed by atoms with E-state index in [9.17, 15) is 9.59 Å². The monoisotopic (exact) mass is 250 g/mol. The summed E-state index contributed by atoms with van der Waals surface area (Å²) < 4.78 is 4.69. The molecule has 0 aliphatic heterocycles. The molecular formula is C13H18N2O3. The van der Waals surface area contributed by atoms with Crippen LogP contribution in [0, 0.1) is 6.92 Å². The number of rotatable bonds is 5. The number of benzene rings is 1. The Balaban J connectivity index is 2.24. The fourth-order valence-corrected chi connectivity index (χ4v) is 1.32. The Hall–Kier alpha value is -2.04. The predicted octanol–water partition coefficient (Wildman–Crippen LogP) is 1.36. The van der Waals surface area contributed by atoms with Gasteiger partial charge < -0.3 is 15.4 Å². The van der Waals surface area contributed by atoms with Gasteiger partial charge in [-0.25, -0.2) is 4.79 Å². The maximum atomic E-state index is 11.4. The number of hydrogen-bond donors (Lipinski definition) is 2. The van der Waals surface area contributed by atoms with Gasteiger partial charge in [-0.3, -0.25) is 4.79 Å². The molecule has 5 heteroatoms. The van der Waals surface area contributed by atoms with Crippen LogP contribution in [0.1, 0.15) is 18.1 Å². The summed E-state index contributed by atoms with van der Waals surface area (Å²) in [6, 6.07) is 7.46. The van der Waals surface area contributed by atoms with Crippen molar-refractivity contribution >= 4 is 12.0 Å². The third-order valence-electron chi connectivity index (χ3n) is 2.27. The van der Waals surface area contributed by atoms with Gasteiger partial charge in [-0.2, -0.15) is 0 Å². The van der Waals surface area contributed by atoms with E-state index in [0.29, 0.717) is 13.2 Å². The molecule has 1 rings (SSSR count). The van der Waals surface area contributed by atoms with Crippen molar-refractivity contribution in [1.29, 1.82) is 0 Å². The third kappa shape index (κ3) is 5.34. The number of ether oxygens (including phenoxy) is 1. The van der Waals surface area contributed by atoms with Gasteiger partial charge in [0, 0.05) is 6.54 Å². The van der Waals surface area contributed by atoms with Gasteiger partial charge in [0.15, 0.2) is 0 Å². The Kier molecular flexibility index (Phi) is 5.70. The SMILES string of the molecule is CCOC(=O)CNC(=O)NCc1ccc(C)cc1. The molecule has 0 saturated heterocycles. The second-order valence-corrected chi connectivity index (χ2v) is 3.83. The molecule has 98 valence electrons. The van der Waals surface area contributed by atoms with Crippen molar-refractivity contribution in [1.82, 2.24) is 10.6 Å². The van der Waals surface area contributed by atoms with E-state index < -0.39 is 5.97 Å². The van der Waals surface area contributed by atoms with Gasteiger partial charge in [0.25, 0.3) is 0 Å². The normalized spacial score (nSPS) is 9.67. The number of urea groups is 1. The average Bonchev–Trinajstić information content (AvgIpc) is 2.36. The minimum absolute atomic E-state index is 0.117. The molecule has 0 bridgehead atoms. The average molecular weight is 250 g/mol. The first-order valence-electron chi connectivity index (χ1n) is 5.84. The Bertz CT molecular complexity index is 401. The lowest BCUT2D eigenvalue weighted by Gasteiger charge is -2.07. The van der Waals surface area contributed by atoms with Crippen molar-refractivity contribution in [3.63, 3.8) is 0 Å². The van der Waals surface area contributed by atoms with Crippen molar-refractivity contribution in [3.8, 4) is 0 Å². The molecule has 0 aromatic heterocycles. The highest BCUT2D eigenvalue weighted by Gasteiger charge is 2.04. The smallest absolute Gasteiger partial charge is 0.325 e. The minimum atomic E-state index is -0.442. The summed E-state index contributed by atoms with van der Waals surface area (Å²) in [4.78, 5) is 22.4. The fraction of sp³-hybridized carbons (Fsp3) is 0.385. The van der Waals surface area contributed by atoms with Gasteiger partial charge in [0.05, 0.1) is 6.61 Å². The largest absolute Gasteiger partial charge is 0.465 e. The number of nitrogens with one attached hydrogen (secondary N) is 2. The quantitative estimate of drug-likeness (QED) is 0.775. The summed E-state index contributed by atoms with van der Waals surface area (Å²) in [5.41, 5.74) is 2.18. The summed E-state index contributed by atoms with van der Waals surface area (Å²) in [6.07, 6.45) is 0. The van der Waals surface area contributed by atoms with Crippen LogP contribution in [0.15, 0.2) is 24.3 Å². The molecule has 2 N–H and O–H groups in total. The molecule has 0 radical (unpaired) electrons. The lowest BCUT2D eigenvalue weighted by molar-refractivity contribution is -0.141. The molecule has 0 aliphatic carbocycles. The van der Waals surface area contributed by atoms with Crippen LogP contribution < -0.4 is 10.6 Å². The van der Waals surface area contributed by atoms with Gasteiger partial charge in [-0.15, -0.1) is 0 Å². The molecule has 2 amide bonds. The molecule has 1 aromatic rings. The summed E-state index contributed by atoms with van der Waals surface area (Å²) in [6.45, 7) is 4.34. The van der Waals surface area contributed by atoms with E-state index in [0.717, 1.165) is 5.56 Å². The predicted molar refractivity (Wildman–Crippen MR) is 68.1 cm³/mol. The molecule has 0 aliphatic rings. The van der Waals surface area contributed by atoms with E-state index in [1.807, 2.05) is 31.2 Å². The molecule has 0 unspecified atom stereocenters. The van der Waals surface area contributed by atoms with E-state index >= 15 is 0 Å². The molecule has 5 nitrogen and oxygen atoms in total. The molecule has 0 spiro atoms. The fourth-order valence-electron chi connectivity index (χ4n) is 1.32. The van der Waals surface area contributed by atoms with Crippen LogP contribution >= 0.6 is 0 Å². The second kappa shape index (κ2) is 7.32. The molecule has 18 heavy (non-hydrogen) atoms. The van der Waals surface area contributed by atoms with Crippen molar-refractivity contribution in [3.05, 3.63) is 35.4 Å². The second-order valence-electron chi connectivity index (χ2n) is 3.83. The number of amides is 2. The Labute approximate surface area is 107 Å². The van der Waals surface area contributed by atoms with Crippen LogP contribution in [0.5, 0.6) is 0 Å². The lowest BCUT2D eigenvalue weighted by Crippen LogP contribution is -2.38. The topological polar surface area (TPSA) is 67.4 Å². The molecular weight excluding hydrogens is 232 g/mol. The molecule has 0 fully saturated rings. The number of carbonyl (C=O) groups is 2. The maximum absolute atomic E-state index is 11.4. The summed E-state index contributed by atoms with van der Waals surface area (Å²) in [5, 5.41) is 5.08.